The highest BCUT2D eigenvalue weighted by Gasteiger charge is 2.27. The van der Waals surface area contributed by atoms with Gasteiger partial charge in [0.05, 0.1) is 7.11 Å². The fourth-order valence-electron chi connectivity index (χ4n) is 4.22. The van der Waals surface area contributed by atoms with Crippen LogP contribution >= 0.6 is 0 Å². The molecule has 2 aromatic carbocycles. The summed E-state index contributed by atoms with van der Waals surface area (Å²) in [5.74, 6) is 0.999. The van der Waals surface area contributed by atoms with Crippen LogP contribution in [-0.2, 0) is 6.54 Å². The van der Waals surface area contributed by atoms with Crippen LogP contribution in [0, 0.1) is 0 Å². The van der Waals surface area contributed by atoms with E-state index in [1.807, 2.05) is 53.4 Å². The molecule has 3 rings (SSSR count). The van der Waals surface area contributed by atoms with Crippen LogP contribution in [0.15, 0.2) is 48.5 Å². The molecule has 0 spiro atoms. The van der Waals surface area contributed by atoms with Crippen molar-refractivity contribution in [2.24, 2.45) is 0 Å². The number of hydrogen-bond acceptors (Lipinski definition) is 4. The minimum atomic E-state index is 0.0636. The number of nitrogens with zero attached hydrogens (tertiary/aromatic N) is 2. The molecule has 160 valence electrons. The zero-order valence-electron chi connectivity index (χ0n) is 18.3. The SMILES string of the molecule is CCCN(Cc1cc(C(C)=O)ccc1OC)C1CCN(C(=O)c2ccccc2)CC1. The van der Waals surface area contributed by atoms with Crippen molar-refractivity contribution in [1.29, 1.82) is 0 Å². The van der Waals surface area contributed by atoms with Crippen molar-refractivity contribution in [2.75, 3.05) is 26.7 Å². The average Bonchev–Trinajstić information content (AvgIpc) is 2.79. The smallest absolute Gasteiger partial charge is 0.253 e. The maximum atomic E-state index is 12.7. The molecule has 5 nitrogen and oxygen atoms in total. The van der Waals surface area contributed by atoms with E-state index < -0.39 is 0 Å². The summed E-state index contributed by atoms with van der Waals surface area (Å²) in [4.78, 5) is 29.0. The number of Topliss-reactive ketones (excluding diaryl/α,β-unsaturated/α-hetero) is 1. The summed E-state index contributed by atoms with van der Waals surface area (Å²) >= 11 is 0. The summed E-state index contributed by atoms with van der Waals surface area (Å²) in [5, 5.41) is 0. The number of ether oxygens (including phenoxy) is 1. The lowest BCUT2D eigenvalue weighted by Crippen LogP contribution is -2.46. The molecule has 0 unspecified atom stereocenters. The van der Waals surface area contributed by atoms with Gasteiger partial charge in [0.15, 0.2) is 5.78 Å². The largest absolute Gasteiger partial charge is 0.496 e. The van der Waals surface area contributed by atoms with Gasteiger partial charge in [0.1, 0.15) is 5.75 Å². The minimum absolute atomic E-state index is 0.0636. The van der Waals surface area contributed by atoms with E-state index in [1.54, 1.807) is 14.0 Å². The summed E-state index contributed by atoms with van der Waals surface area (Å²) in [6, 6.07) is 15.6. The van der Waals surface area contributed by atoms with Gasteiger partial charge in [-0.25, -0.2) is 0 Å². The van der Waals surface area contributed by atoms with Gasteiger partial charge in [-0.3, -0.25) is 14.5 Å². The Hall–Kier alpha value is -2.66. The third-order valence-corrected chi connectivity index (χ3v) is 5.86. The Bertz CT molecular complexity index is 858. The predicted octanol–water partition coefficient (Wildman–Crippen LogP) is 4.41. The molecule has 0 atom stereocenters. The van der Waals surface area contributed by atoms with E-state index >= 15 is 0 Å². The molecular formula is C25H32N2O3. The van der Waals surface area contributed by atoms with Gasteiger partial charge >= 0.3 is 0 Å². The molecule has 0 bridgehead atoms. The average molecular weight is 409 g/mol. The fraction of sp³-hybridized carbons (Fsp3) is 0.440. The summed E-state index contributed by atoms with van der Waals surface area (Å²) in [6.45, 7) is 7.03. The van der Waals surface area contributed by atoms with Gasteiger partial charge < -0.3 is 9.64 Å². The van der Waals surface area contributed by atoms with Gasteiger partial charge in [-0.05, 0) is 63.1 Å². The number of carbonyl (C=O) groups excluding carboxylic acids is 2. The standard InChI is InChI=1S/C25H32N2O3/c1-4-14-27(18-22-17-21(19(2)28)10-11-24(22)30-3)23-12-15-26(16-13-23)25(29)20-8-6-5-7-9-20/h5-11,17,23H,4,12-16,18H2,1-3H3. The highest BCUT2D eigenvalue weighted by molar-refractivity contribution is 5.94. The third-order valence-electron chi connectivity index (χ3n) is 5.86. The molecule has 0 aromatic heterocycles. The maximum Gasteiger partial charge on any atom is 0.253 e. The first kappa shape index (κ1) is 22.0. The van der Waals surface area contributed by atoms with Crippen LogP contribution in [0.1, 0.15) is 59.4 Å². The number of hydrogen-bond donors (Lipinski definition) is 0. The number of likely N-dealkylation sites (tertiary alicyclic amines) is 1. The molecule has 0 radical (unpaired) electrons. The van der Waals surface area contributed by atoms with Crippen molar-refractivity contribution in [2.45, 2.75) is 45.7 Å². The van der Waals surface area contributed by atoms with Gasteiger partial charge in [-0.15, -0.1) is 0 Å². The molecule has 0 N–H and O–H groups in total. The van der Waals surface area contributed by atoms with Crippen molar-refractivity contribution in [3.05, 3.63) is 65.2 Å². The number of methoxy groups -OCH3 is 1. The van der Waals surface area contributed by atoms with E-state index in [1.165, 1.54) is 0 Å². The molecule has 1 saturated heterocycles. The molecule has 1 aliphatic heterocycles. The van der Waals surface area contributed by atoms with Crippen LogP contribution in [0.5, 0.6) is 5.75 Å². The first-order valence-electron chi connectivity index (χ1n) is 10.8. The van der Waals surface area contributed by atoms with Crippen molar-refractivity contribution in [3.63, 3.8) is 0 Å². The van der Waals surface area contributed by atoms with Crippen molar-refractivity contribution < 1.29 is 14.3 Å². The van der Waals surface area contributed by atoms with Gasteiger partial charge in [-0.1, -0.05) is 25.1 Å². The number of amides is 1. The van der Waals surface area contributed by atoms with Crippen LogP contribution in [-0.4, -0.2) is 54.3 Å². The molecule has 1 fully saturated rings. The molecule has 5 heteroatoms. The van der Waals surface area contributed by atoms with Crippen LogP contribution in [0.3, 0.4) is 0 Å². The topological polar surface area (TPSA) is 49.9 Å². The molecule has 1 heterocycles. The summed E-state index contributed by atoms with van der Waals surface area (Å²) in [6.07, 6.45) is 2.96. The predicted molar refractivity (Wildman–Crippen MR) is 119 cm³/mol. The maximum absolute atomic E-state index is 12.7. The Morgan fingerprint density at radius 1 is 1.07 bits per heavy atom. The second kappa shape index (κ2) is 10.4. The van der Waals surface area contributed by atoms with Crippen molar-refractivity contribution in [3.8, 4) is 5.75 Å². The van der Waals surface area contributed by atoms with Gasteiger partial charge in [-0.2, -0.15) is 0 Å². The number of piperidine rings is 1. The number of benzene rings is 2. The van der Waals surface area contributed by atoms with E-state index in [0.29, 0.717) is 11.6 Å². The Labute approximate surface area is 179 Å². The molecule has 1 aliphatic rings. The second-order valence-corrected chi connectivity index (χ2v) is 7.94. The lowest BCUT2D eigenvalue weighted by molar-refractivity contribution is 0.0606. The first-order chi connectivity index (χ1) is 14.5. The summed E-state index contributed by atoms with van der Waals surface area (Å²) in [7, 11) is 1.67. The van der Waals surface area contributed by atoms with Gasteiger partial charge in [0.2, 0.25) is 0 Å². The Morgan fingerprint density at radius 3 is 2.37 bits per heavy atom. The quantitative estimate of drug-likeness (QED) is 0.607. The van der Waals surface area contributed by atoms with E-state index in [4.69, 9.17) is 4.74 Å². The van der Waals surface area contributed by atoms with Crippen LogP contribution in [0.4, 0.5) is 0 Å². The highest BCUT2D eigenvalue weighted by Crippen LogP contribution is 2.26. The van der Waals surface area contributed by atoms with E-state index in [2.05, 4.69) is 11.8 Å². The van der Waals surface area contributed by atoms with Crippen LogP contribution in [0.25, 0.3) is 0 Å². The molecule has 0 aliphatic carbocycles. The Balaban J connectivity index is 1.69. The van der Waals surface area contributed by atoms with Crippen LogP contribution in [0.2, 0.25) is 0 Å². The van der Waals surface area contributed by atoms with Gasteiger partial charge in [0.25, 0.3) is 5.91 Å². The minimum Gasteiger partial charge on any atom is -0.496 e. The third kappa shape index (κ3) is 5.28. The Morgan fingerprint density at radius 2 is 1.77 bits per heavy atom. The molecular weight excluding hydrogens is 376 g/mol. The van der Waals surface area contributed by atoms with Gasteiger partial charge in [0, 0.05) is 42.4 Å². The first-order valence-corrected chi connectivity index (χ1v) is 10.8. The second-order valence-electron chi connectivity index (χ2n) is 7.94. The molecule has 2 aromatic rings. The van der Waals surface area contributed by atoms with Crippen molar-refractivity contribution in [1.82, 2.24) is 9.80 Å². The van der Waals surface area contributed by atoms with E-state index in [-0.39, 0.29) is 11.7 Å². The number of rotatable bonds is 8. The lowest BCUT2D eigenvalue weighted by Gasteiger charge is -2.39. The Kier molecular flexibility index (Phi) is 7.63. The van der Waals surface area contributed by atoms with E-state index in [0.717, 1.165) is 62.3 Å². The summed E-state index contributed by atoms with van der Waals surface area (Å²) in [5.41, 5.74) is 2.51. The molecule has 1 amide bonds. The number of ketones is 1. The molecule has 30 heavy (non-hydrogen) atoms. The zero-order chi connectivity index (χ0) is 21.5. The number of carbonyl (C=O) groups is 2. The van der Waals surface area contributed by atoms with E-state index in [9.17, 15) is 9.59 Å². The normalized spacial score (nSPS) is 14.7. The van der Waals surface area contributed by atoms with Crippen LogP contribution < -0.4 is 4.74 Å². The fourth-order valence-corrected chi connectivity index (χ4v) is 4.22. The lowest BCUT2D eigenvalue weighted by atomic mass is 10.00. The highest BCUT2D eigenvalue weighted by atomic mass is 16.5. The molecule has 0 saturated carbocycles. The van der Waals surface area contributed by atoms with Crippen molar-refractivity contribution >= 4 is 11.7 Å². The monoisotopic (exact) mass is 408 g/mol. The summed E-state index contributed by atoms with van der Waals surface area (Å²) < 4.78 is 5.55. The zero-order valence-corrected chi connectivity index (χ0v) is 18.3.